The molecule has 1 aliphatic rings. The molecule has 172 valence electrons. The van der Waals surface area contributed by atoms with Gasteiger partial charge in [0.05, 0.1) is 17.7 Å². The number of likely N-dealkylation sites (tertiary alicyclic amines) is 1. The Kier molecular flexibility index (Phi) is 8.76. The summed E-state index contributed by atoms with van der Waals surface area (Å²) in [7, 11) is 0. The van der Waals surface area contributed by atoms with Crippen molar-refractivity contribution in [2.75, 3.05) is 13.2 Å². The van der Waals surface area contributed by atoms with Gasteiger partial charge in [-0.3, -0.25) is 9.79 Å². The fourth-order valence-electron chi connectivity index (χ4n) is 4.11. The Morgan fingerprint density at radius 2 is 1.88 bits per heavy atom. The first kappa shape index (κ1) is 24.2. The zero-order chi connectivity index (χ0) is 23.5. The van der Waals surface area contributed by atoms with Crippen LogP contribution in [0.15, 0.2) is 77.8 Å². The number of carbonyl (C=O) groups is 2. The maximum Gasteiger partial charge on any atom is 0.330 e. The van der Waals surface area contributed by atoms with Crippen LogP contribution in [0.25, 0.3) is 6.08 Å². The fourth-order valence-corrected chi connectivity index (χ4v) is 4.11. The van der Waals surface area contributed by atoms with Crippen molar-refractivity contribution < 1.29 is 14.3 Å². The summed E-state index contributed by atoms with van der Waals surface area (Å²) < 4.78 is 4.94. The molecule has 1 atom stereocenters. The number of hydrogen-bond donors (Lipinski definition) is 0. The minimum absolute atomic E-state index is 0.183. The largest absolute Gasteiger partial charge is 0.463 e. The lowest BCUT2D eigenvalue weighted by Crippen LogP contribution is -2.47. The van der Waals surface area contributed by atoms with E-state index in [2.05, 4.69) is 24.0 Å². The topological polar surface area (TPSA) is 59.0 Å². The van der Waals surface area contributed by atoms with Crippen LogP contribution in [0.3, 0.4) is 0 Å². The van der Waals surface area contributed by atoms with Crippen molar-refractivity contribution in [3.8, 4) is 0 Å². The second-order valence-corrected chi connectivity index (χ2v) is 8.11. The number of carbonyl (C=O) groups excluding carboxylic acids is 2. The molecule has 0 spiro atoms. The summed E-state index contributed by atoms with van der Waals surface area (Å²) >= 11 is 0. The van der Waals surface area contributed by atoms with Gasteiger partial charge in [-0.05, 0) is 50.0 Å². The molecule has 5 nitrogen and oxygen atoms in total. The molecular formula is C28H32N2O3. The van der Waals surface area contributed by atoms with Crippen molar-refractivity contribution in [1.29, 1.82) is 0 Å². The molecule has 0 aromatic heterocycles. The zero-order valence-corrected chi connectivity index (χ0v) is 19.4. The van der Waals surface area contributed by atoms with Crippen LogP contribution in [0, 0.1) is 5.41 Å². The number of aliphatic imine (C=N–C) groups is 1. The minimum Gasteiger partial charge on any atom is -0.463 e. The molecule has 3 rings (SSSR count). The molecule has 2 aromatic rings. The number of allylic oxidation sites excluding steroid dienone is 1. The standard InChI is InChI=1S/C28H32N2O3/c1-3-28(19-11-21-30(27(28)32)22-23-12-6-5-7-13-23)18-10-20-29-25-15-9-8-14-24(25)16-17-26(31)33-4-2/h5-10,12-18,20H,3-4,11,19,21-22H2,1-2H3/b17-16+,18-10+,29-20?. The van der Waals surface area contributed by atoms with Crippen molar-refractivity contribution in [3.63, 3.8) is 0 Å². The van der Waals surface area contributed by atoms with Gasteiger partial charge in [-0.25, -0.2) is 4.79 Å². The quantitative estimate of drug-likeness (QED) is 0.281. The summed E-state index contributed by atoms with van der Waals surface area (Å²) in [6, 6.07) is 17.7. The first-order chi connectivity index (χ1) is 16.1. The van der Waals surface area contributed by atoms with E-state index in [1.54, 1.807) is 19.2 Å². The lowest BCUT2D eigenvalue weighted by atomic mass is 9.76. The second kappa shape index (κ2) is 12.0. The van der Waals surface area contributed by atoms with E-state index in [4.69, 9.17) is 4.74 Å². The number of hydrogen-bond acceptors (Lipinski definition) is 4. The predicted octanol–water partition coefficient (Wildman–Crippen LogP) is 5.74. The Morgan fingerprint density at radius 1 is 1.12 bits per heavy atom. The summed E-state index contributed by atoms with van der Waals surface area (Å²) in [5, 5.41) is 0. The number of amides is 1. The van der Waals surface area contributed by atoms with Crippen molar-refractivity contribution in [3.05, 3.63) is 84.0 Å². The number of esters is 1. The van der Waals surface area contributed by atoms with Gasteiger partial charge < -0.3 is 9.64 Å². The second-order valence-electron chi connectivity index (χ2n) is 8.11. The lowest BCUT2D eigenvalue weighted by Gasteiger charge is -2.39. The molecular weight excluding hydrogens is 412 g/mol. The van der Waals surface area contributed by atoms with E-state index in [1.165, 1.54) is 6.08 Å². The fraction of sp³-hybridized carbons (Fsp3) is 0.321. The third-order valence-corrected chi connectivity index (χ3v) is 5.95. The molecule has 0 radical (unpaired) electrons. The van der Waals surface area contributed by atoms with Gasteiger partial charge in [0, 0.05) is 30.9 Å². The molecule has 0 saturated carbocycles. The Balaban J connectivity index is 1.71. The third-order valence-electron chi connectivity index (χ3n) is 5.95. The molecule has 1 heterocycles. The molecule has 33 heavy (non-hydrogen) atoms. The van der Waals surface area contributed by atoms with Crippen LogP contribution in [0.5, 0.6) is 0 Å². The first-order valence-corrected chi connectivity index (χ1v) is 11.6. The van der Waals surface area contributed by atoms with E-state index in [0.29, 0.717) is 13.2 Å². The van der Waals surface area contributed by atoms with Crippen LogP contribution in [0.1, 0.15) is 44.2 Å². The van der Waals surface area contributed by atoms with Crippen LogP contribution in [-0.2, 0) is 20.9 Å². The smallest absolute Gasteiger partial charge is 0.330 e. The predicted molar refractivity (Wildman–Crippen MR) is 133 cm³/mol. The normalized spacial score (nSPS) is 19.1. The van der Waals surface area contributed by atoms with Gasteiger partial charge in [0.25, 0.3) is 0 Å². The van der Waals surface area contributed by atoms with E-state index in [-0.39, 0.29) is 11.9 Å². The summed E-state index contributed by atoms with van der Waals surface area (Å²) in [6.07, 6.45) is 11.3. The number of piperidine rings is 1. The first-order valence-electron chi connectivity index (χ1n) is 11.6. The number of nitrogens with zero attached hydrogens (tertiary/aromatic N) is 2. The SMILES string of the molecule is CCOC(=O)/C=C/c1ccccc1N=C/C=C/C1(CC)CCCN(Cc2ccccc2)C1=O. The Morgan fingerprint density at radius 3 is 2.64 bits per heavy atom. The maximum absolute atomic E-state index is 13.4. The monoisotopic (exact) mass is 444 g/mol. The Bertz CT molecular complexity index is 1030. The van der Waals surface area contributed by atoms with E-state index in [0.717, 1.165) is 42.6 Å². The molecule has 1 aliphatic heterocycles. The van der Waals surface area contributed by atoms with Gasteiger partial charge in [0.2, 0.25) is 5.91 Å². The summed E-state index contributed by atoms with van der Waals surface area (Å²) in [5.74, 6) is -0.195. The van der Waals surface area contributed by atoms with E-state index >= 15 is 0 Å². The van der Waals surface area contributed by atoms with Crippen molar-refractivity contribution in [1.82, 2.24) is 4.90 Å². The molecule has 1 amide bonds. The van der Waals surface area contributed by atoms with Crippen molar-refractivity contribution >= 4 is 29.9 Å². The Labute approximate surface area is 196 Å². The van der Waals surface area contributed by atoms with Crippen LogP contribution in [0.2, 0.25) is 0 Å². The molecule has 2 aromatic carbocycles. The molecule has 5 heteroatoms. The van der Waals surface area contributed by atoms with Gasteiger partial charge in [-0.15, -0.1) is 0 Å². The van der Waals surface area contributed by atoms with Crippen LogP contribution >= 0.6 is 0 Å². The van der Waals surface area contributed by atoms with Gasteiger partial charge in [-0.2, -0.15) is 0 Å². The van der Waals surface area contributed by atoms with E-state index in [9.17, 15) is 9.59 Å². The lowest BCUT2D eigenvalue weighted by molar-refractivity contribution is -0.144. The highest BCUT2D eigenvalue weighted by Crippen LogP contribution is 2.36. The van der Waals surface area contributed by atoms with Gasteiger partial charge in [0.1, 0.15) is 0 Å². The zero-order valence-electron chi connectivity index (χ0n) is 19.4. The highest BCUT2D eigenvalue weighted by Gasteiger charge is 2.40. The average Bonchev–Trinajstić information content (AvgIpc) is 2.84. The van der Waals surface area contributed by atoms with E-state index in [1.807, 2.05) is 59.5 Å². The Hall–Kier alpha value is -3.47. The van der Waals surface area contributed by atoms with Gasteiger partial charge >= 0.3 is 5.97 Å². The molecule has 0 bridgehead atoms. The van der Waals surface area contributed by atoms with Crippen molar-refractivity contribution in [2.24, 2.45) is 10.4 Å². The summed E-state index contributed by atoms with van der Waals surface area (Å²) in [6.45, 7) is 5.62. The molecule has 1 fully saturated rings. The molecule has 0 aliphatic carbocycles. The minimum atomic E-state index is -0.498. The highest BCUT2D eigenvalue weighted by atomic mass is 16.5. The summed E-state index contributed by atoms with van der Waals surface area (Å²) in [4.78, 5) is 31.5. The van der Waals surface area contributed by atoms with Gasteiger partial charge in [0.15, 0.2) is 0 Å². The van der Waals surface area contributed by atoms with E-state index < -0.39 is 5.41 Å². The van der Waals surface area contributed by atoms with Crippen LogP contribution in [-0.4, -0.2) is 36.1 Å². The molecule has 0 N–H and O–H groups in total. The van der Waals surface area contributed by atoms with Crippen LogP contribution in [0.4, 0.5) is 5.69 Å². The number of ether oxygens (including phenoxy) is 1. The molecule has 1 saturated heterocycles. The maximum atomic E-state index is 13.4. The highest BCUT2D eigenvalue weighted by molar-refractivity contribution is 5.89. The number of para-hydroxylation sites is 1. The van der Waals surface area contributed by atoms with Crippen LogP contribution < -0.4 is 0 Å². The molecule has 1 unspecified atom stereocenters. The third kappa shape index (κ3) is 6.51. The number of benzene rings is 2. The van der Waals surface area contributed by atoms with Crippen molar-refractivity contribution in [2.45, 2.75) is 39.7 Å². The average molecular weight is 445 g/mol. The number of rotatable bonds is 9. The summed E-state index contributed by atoms with van der Waals surface area (Å²) in [5.41, 5.74) is 2.22. The van der Waals surface area contributed by atoms with Gasteiger partial charge in [-0.1, -0.05) is 61.5 Å².